The molecule has 2 saturated carbocycles. The molecule has 4 N–H and O–H groups in total. The Labute approximate surface area is 220 Å². The van der Waals surface area contributed by atoms with Gasteiger partial charge in [-0.15, -0.1) is 12.8 Å². The summed E-state index contributed by atoms with van der Waals surface area (Å²) in [6, 6.07) is 13.4. The van der Waals surface area contributed by atoms with Gasteiger partial charge in [0.1, 0.15) is 0 Å². The zero-order chi connectivity index (χ0) is 27.4. The SMILES string of the molecule is C#Cc1cccc(NC(=O)C2CC3CC(C(=O)Nc4cccc(C#C)c4)C(C(=O)O)CC3CC2C(=O)O)c1. The number of anilines is 2. The Morgan fingerprint density at radius 3 is 1.37 bits per heavy atom. The third kappa shape index (κ3) is 5.71. The zero-order valence-electron chi connectivity index (χ0n) is 20.6. The largest absolute Gasteiger partial charge is 0.481 e. The van der Waals surface area contributed by atoms with Crippen molar-refractivity contribution in [3.63, 3.8) is 0 Å². The van der Waals surface area contributed by atoms with Crippen LogP contribution in [0, 0.1) is 60.2 Å². The molecular formula is C30H28N2O6. The maximum atomic E-state index is 13.2. The number of hydrogen-bond donors (Lipinski definition) is 4. The van der Waals surface area contributed by atoms with Crippen molar-refractivity contribution in [1.29, 1.82) is 0 Å². The number of carbonyl (C=O) groups is 4. The summed E-state index contributed by atoms with van der Waals surface area (Å²) in [7, 11) is 0. The Morgan fingerprint density at radius 1 is 0.658 bits per heavy atom. The molecule has 2 aliphatic carbocycles. The number of carboxylic acids is 2. The second kappa shape index (κ2) is 11.2. The third-order valence-electron chi connectivity index (χ3n) is 7.77. The molecular weight excluding hydrogens is 484 g/mol. The van der Waals surface area contributed by atoms with E-state index in [1.807, 2.05) is 0 Å². The van der Waals surface area contributed by atoms with E-state index < -0.39 is 47.4 Å². The molecule has 2 fully saturated rings. The van der Waals surface area contributed by atoms with Gasteiger partial charge in [-0.1, -0.05) is 24.0 Å². The van der Waals surface area contributed by atoms with Crippen molar-refractivity contribution >= 4 is 35.1 Å². The Bertz CT molecular complexity index is 1250. The predicted molar refractivity (Wildman–Crippen MR) is 141 cm³/mol. The number of carbonyl (C=O) groups excluding carboxylic acids is 2. The van der Waals surface area contributed by atoms with Gasteiger partial charge in [0, 0.05) is 22.5 Å². The van der Waals surface area contributed by atoms with Crippen LogP contribution in [0.25, 0.3) is 0 Å². The van der Waals surface area contributed by atoms with E-state index in [0.29, 0.717) is 22.5 Å². The van der Waals surface area contributed by atoms with E-state index in [9.17, 15) is 29.4 Å². The van der Waals surface area contributed by atoms with Crippen molar-refractivity contribution in [1.82, 2.24) is 0 Å². The van der Waals surface area contributed by atoms with E-state index in [0.717, 1.165) is 0 Å². The molecule has 0 aromatic heterocycles. The fourth-order valence-electron chi connectivity index (χ4n) is 5.89. The number of aliphatic carboxylic acids is 2. The first-order chi connectivity index (χ1) is 18.2. The first-order valence-electron chi connectivity index (χ1n) is 12.4. The van der Waals surface area contributed by atoms with E-state index in [1.165, 1.54) is 0 Å². The van der Waals surface area contributed by atoms with Gasteiger partial charge in [-0.25, -0.2) is 0 Å². The molecule has 4 atom stereocenters. The molecule has 0 spiro atoms. The lowest BCUT2D eigenvalue weighted by molar-refractivity contribution is -0.155. The average Bonchev–Trinajstić information content (AvgIpc) is 2.91. The molecule has 2 aromatic carbocycles. The van der Waals surface area contributed by atoms with Gasteiger partial charge in [0.15, 0.2) is 0 Å². The monoisotopic (exact) mass is 512 g/mol. The second-order valence-corrected chi connectivity index (χ2v) is 9.99. The molecule has 8 nitrogen and oxygen atoms in total. The van der Waals surface area contributed by atoms with Crippen LogP contribution >= 0.6 is 0 Å². The molecule has 0 saturated heterocycles. The van der Waals surface area contributed by atoms with Gasteiger partial charge >= 0.3 is 11.9 Å². The number of nitrogens with one attached hydrogen (secondary N) is 2. The third-order valence-corrected chi connectivity index (χ3v) is 7.77. The molecule has 38 heavy (non-hydrogen) atoms. The van der Waals surface area contributed by atoms with E-state index in [-0.39, 0.29) is 37.5 Å². The lowest BCUT2D eigenvalue weighted by Gasteiger charge is -2.45. The van der Waals surface area contributed by atoms with Crippen LogP contribution in [-0.2, 0) is 19.2 Å². The zero-order valence-corrected chi connectivity index (χ0v) is 20.6. The van der Waals surface area contributed by atoms with Gasteiger partial charge in [-0.2, -0.15) is 0 Å². The van der Waals surface area contributed by atoms with Crippen molar-refractivity contribution in [3.05, 3.63) is 59.7 Å². The molecule has 4 rings (SSSR count). The van der Waals surface area contributed by atoms with Gasteiger partial charge in [-0.3, -0.25) is 19.2 Å². The molecule has 8 heteroatoms. The number of fused-ring (bicyclic) bond motifs is 1. The van der Waals surface area contributed by atoms with Crippen LogP contribution in [0.2, 0.25) is 0 Å². The molecule has 0 bridgehead atoms. The molecule has 2 aliphatic rings. The maximum Gasteiger partial charge on any atom is 0.307 e. The van der Waals surface area contributed by atoms with Gasteiger partial charge in [-0.05, 0) is 73.9 Å². The van der Waals surface area contributed by atoms with Crippen molar-refractivity contribution in [2.75, 3.05) is 10.6 Å². The number of rotatable bonds is 6. The topological polar surface area (TPSA) is 133 Å². The first kappa shape index (κ1) is 26.5. The molecule has 0 radical (unpaired) electrons. The summed E-state index contributed by atoms with van der Waals surface area (Å²) >= 11 is 0. The van der Waals surface area contributed by atoms with Crippen LogP contribution in [0.3, 0.4) is 0 Å². The fourth-order valence-corrected chi connectivity index (χ4v) is 5.89. The van der Waals surface area contributed by atoms with Gasteiger partial charge in [0.25, 0.3) is 0 Å². The van der Waals surface area contributed by atoms with Crippen LogP contribution in [0.4, 0.5) is 11.4 Å². The quantitative estimate of drug-likeness (QED) is 0.437. The predicted octanol–water partition coefficient (Wildman–Crippen LogP) is 3.68. The number of carboxylic acid groups (broad SMARTS) is 2. The van der Waals surface area contributed by atoms with Crippen LogP contribution in [0.15, 0.2) is 48.5 Å². The molecule has 194 valence electrons. The number of amides is 2. The van der Waals surface area contributed by atoms with Crippen LogP contribution in [0.1, 0.15) is 36.8 Å². The van der Waals surface area contributed by atoms with E-state index in [2.05, 4.69) is 22.5 Å². The Hall–Kier alpha value is -4.56. The van der Waals surface area contributed by atoms with E-state index >= 15 is 0 Å². The second-order valence-electron chi connectivity index (χ2n) is 9.99. The summed E-state index contributed by atoms with van der Waals surface area (Å²) in [5.41, 5.74) is 2.10. The molecule has 4 unspecified atom stereocenters. The smallest absolute Gasteiger partial charge is 0.307 e. The minimum Gasteiger partial charge on any atom is -0.481 e. The highest BCUT2D eigenvalue weighted by Crippen LogP contribution is 2.49. The van der Waals surface area contributed by atoms with Gasteiger partial charge in [0.2, 0.25) is 11.8 Å². The molecule has 2 aromatic rings. The first-order valence-corrected chi connectivity index (χ1v) is 12.4. The summed E-state index contributed by atoms with van der Waals surface area (Å²) < 4.78 is 0. The lowest BCUT2D eigenvalue weighted by Crippen LogP contribution is -2.48. The molecule has 0 aliphatic heterocycles. The van der Waals surface area contributed by atoms with Crippen molar-refractivity contribution in [2.45, 2.75) is 25.7 Å². The number of terminal acetylenes is 2. The van der Waals surface area contributed by atoms with Gasteiger partial charge in [0.05, 0.1) is 23.7 Å². The Morgan fingerprint density at radius 2 is 1.03 bits per heavy atom. The number of benzene rings is 2. The maximum absolute atomic E-state index is 13.2. The summed E-state index contributed by atoms with van der Waals surface area (Å²) in [6.45, 7) is 0. The minimum absolute atomic E-state index is 0.171. The number of hydrogen-bond acceptors (Lipinski definition) is 4. The normalized spacial score (nSPS) is 26.1. The van der Waals surface area contributed by atoms with Crippen LogP contribution in [0.5, 0.6) is 0 Å². The van der Waals surface area contributed by atoms with Crippen molar-refractivity contribution in [3.8, 4) is 24.7 Å². The Balaban J connectivity index is 1.54. The van der Waals surface area contributed by atoms with Crippen LogP contribution in [-0.4, -0.2) is 34.0 Å². The van der Waals surface area contributed by atoms with E-state index in [1.54, 1.807) is 48.5 Å². The Kier molecular flexibility index (Phi) is 7.83. The van der Waals surface area contributed by atoms with Gasteiger partial charge < -0.3 is 20.8 Å². The standard InChI is InChI=1S/C30H28N2O6/c1-3-17-7-5-9-21(11-17)31-27(33)23-13-19-14-24(28(34)32-22-10-6-8-18(4-2)12-22)26(30(37)38)16-20(19)15-25(23)29(35)36/h1-2,5-12,19-20,23-26H,13-16H2,(H,31,33)(H,32,34)(H,35,36)(H,37,38). The van der Waals surface area contributed by atoms with Crippen molar-refractivity contribution < 1.29 is 29.4 Å². The highest BCUT2D eigenvalue weighted by molar-refractivity contribution is 5.96. The summed E-state index contributed by atoms with van der Waals surface area (Å²) in [4.78, 5) is 50.7. The highest BCUT2D eigenvalue weighted by atomic mass is 16.4. The average molecular weight is 513 g/mol. The molecule has 2 amide bonds. The highest BCUT2D eigenvalue weighted by Gasteiger charge is 2.50. The summed E-state index contributed by atoms with van der Waals surface area (Å²) in [6.07, 6.45) is 11.7. The summed E-state index contributed by atoms with van der Waals surface area (Å²) in [5, 5.41) is 25.4. The lowest BCUT2D eigenvalue weighted by atomic mass is 9.58. The van der Waals surface area contributed by atoms with Crippen molar-refractivity contribution in [2.24, 2.45) is 35.5 Å². The minimum atomic E-state index is -1.10. The van der Waals surface area contributed by atoms with E-state index in [4.69, 9.17) is 12.8 Å². The molecule has 0 heterocycles. The summed E-state index contributed by atoms with van der Waals surface area (Å²) in [5.74, 6) is -2.05. The van der Waals surface area contributed by atoms with Crippen LogP contribution < -0.4 is 10.6 Å². The fraction of sp³-hybridized carbons (Fsp3) is 0.333.